The first-order valence-electron chi connectivity index (χ1n) is 10.3. The van der Waals surface area contributed by atoms with Crippen molar-refractivity contribution in [3.8, 4) is 0 Å². The van der Waals surface area contributed by atoms with Crippen LogP contribution in [0.15, 0.2) is 36.4 Å². The van der Waals surface area contributed by atoms with Crippen molar-refractivity contribution < 1.29 is 9.59 Å². The molecule has 1 aromatic carbocycles. The topological polar surface area (TPSA) is 114 Å². The second-order valence-corrected chi connectivity index (χ2v) is 8.28. The molecule has 7 nitrogen and oxygen atoms in total. The van der Waals surface area contributed by atoms with Crippen LogP contribution in [0.3, 0.4) is 0 Å². The number of carbonyl (C=O) groups excluding carboxylic acids is 2. The molecule has 2 amide bonds. The van der Waals surface area contributed by atoms with E-state index in [-0.39, 0.29) is 17.7 Å². The zero-order valence-electron chi connectivity index (χ0n) is 17.9. The number of nitrogens with zero attached hydrogens (tertiary/aromatic N) is 2. The van der Waals surface area contributed by atoms with Crippen LogP contribution in [0.1, 0.15) is 35.7 Å². The van der Waals surface area contributed by atoms with E-state index in [9.17, 15) is 9.59 Å². The highest BCUT2D eigenvalue weighted by Crippen LogP contribution is 2.28. The Morgan fingerprint density at radius 3 is 2.70 bits per heavy atom. The van der Waals surface area contributed by atoms with Gasteiger partial charge in [-0.3, -0.25) is 14.5 Å². The number of hydrogen-bond acceptors (Lipinski definition) is 5. The second kappa shape index (κ2) is 9.26. The Morgan fingerprint density at radius 1 is 1.27 bits per heavy atom. The third-order valence-corrected chi connectivity index (χ3v) is 5.91. The molecule has 2 heterocycles. The molecule has 160 valence electrons. The van der Waals surface area contributed by atoms with Gasteiger partial charge in [-0.15, -0.1) is 0 Å². The van der Waals surface area contributed by atoms with Gasteiger partial charge in [-0.05, 0) is 56.7 Å². The molecule has 3 atom stereocenters. The van der Waals surface area contributed by atoms with E-state index in [1.165, 1.54) is 11.1 Å². The molecule has 0 aliphatic carbocycles. The van der Waals surface area contributed by atoms with Crippen molar-refractivity contribution in [2.45, 2.75) is 52.2 Å². The number of benzene rings is 1. The Bertz CT molecular complexity index is 930. The average Bonchev–Trinajstić information content (AvgIpc) is 3.10. The molecule has 0 saturated carbocycles. The Balaban J connectivity index is 1.64. The third-order valence-electron chi connectivity index (χ3n) is 5.91. The largest absolute Gasteiger partial charge is 0.384 e. The minimum atomic E-state index is -0.452. The molecule has 0 spiro atoms. The molecule has 1 aromatic heterocycles. The van der Waals surface area contributed by atoms with Crippen molar-refractivity contribution in [2.24, 2.45) is 11.7 Å². The van der Waals surface area contributed by atoms with E-state index >= 15 is 0 Å². The number of carbonyl (C=O) groups is 2. The fraction of sp³-hybridized carbons (Fsp3) is 0.435. The van der Waals surface area contributed by atoms with Gasteiger partial charge in [0.1, 0.15) is 5.82 Å². The van der Waals surface area contributed by atoms with Crippen LogP contribution in [-0.4, -0.2) is 40.3 Å². The molecule has 7 heteroatoms. The summed E-state index contributed by atoms with van der Waals surface area (Å²) in [5, 5.41) is 2.95. The first-order valence-corrected chi connectivity index (χ1v) is 10.3. The Labute approximate surface area is 177 Å². The maximum Gasteiger partial charge on any atom is 0.237 e. The van der Waals surface area contributed by atoms with Crippen LogP contribution in [0, 0.1) is 19.8 Å². The number of nitrogen functional groups attached to an aromatic ring is 1. The summed E-state index contributed by atoms with van der Waals surface area (Å²) in [4.78, 5) is 31.0. The molecule has 3 rings (SSSR count). The van der Waals surface area contributed by atoms with Crippen molar-refractivity contribution >= 4 is 17.6 Å². The second-order valence-electron chi connectivity index (χ2n) is 8.28. The summed E-state index contributed by atoms with van der Waals surface area (Å²) < 4.78 is 0. The van der Waals surface area contributed by atoms with E-state index < -0.39 is 12.1 Å². The molecular weight excluding hydrogens is 378 g/mol. The van der Waals surface area contributed by atoms with Crippen molar-refractivity contribution in [2.75, 3.05) is 12.3 Å². The van der Waals surface area contributed by atoms with Gasteiger partial charge in [0.25, 0.3) is 0 Å². The number of nitrogens with one attached hydrogen (secondary N) is 1. The fourth-order valence-electron chi connectivity index (χ4n) is 4.26. The summed E-state index contributed by atoms with van der Waals surface area (Å²) in [5.74, 6) is 0.230. The summed E-state index contributed by atoms with van der Waals surface area (Å²) in [6.07, 6.45) is 1.54. The van der Waals surface area contributed by atoms with Crippen LogP contribution < -0.4 is 16.8 Å². The first kappa shape index (κ1) is 21.8. The minimum absolute atomic E-state index is 0.131. The normalized spacial score (nSPS) is 20.1. The van der Waals surface area contributed by atoms with Crippen LogP contribution in [0.2, 0.25) is 0 Å². The van der Waals surface area contributed by atoms with Crippen molar-refractivity contribution in [3.05, 3.63) is 58.8 Å². The lowest BCUT2D eigenvalue weighted by atomic mass is 9.96. The smallest absolute Gasteiger partial charge is 0.237 e. The molecule has 2 unspecified atom stereocenters. The van der Waals surface area contributed by atoms with E-state index in [0.717, 1.165) is 17.7 Å². The summed E-state index contributed by atoms with van der Waals surface area (Å²) >= 11 is 0. The molecule has 0 bridgehead atoms. The van der Waals surface area contributed by atoms with Crippen LogP contribution in [-0.2, 0) is 22.6 Å². The number of likely N-dealkylation sites (tertiary alicyclic amines) is 1. The third kappa shape index (κ3) is 5.16. The lowest BCUT2D eigenvalue weighted by Crippen LogP contribution is -2.51. The van der Waals surface area contributed by atoms with Gasteiger partial charge in [-0.25, -0.2) is 4.98 Å². The van der Waals surface area contributed by atoms with E-state index in [1.54, 1.807) is 6.07 Å². The van der Waals surface area contributed by atoms with Crippen LogP contribution in [0.25, 0.3) is 0 Å². The highest BCUT2D eigenvalue weighted by molar-refractivity contribution is 5.84. The minimum Gasteiger partial charge on any atom is -0.384 e. The number of primary amides is 1. The molecular formula is C23H31N5O2. The zero-order valence-corrected chi connectivity index (χ0v) is 17.9. The SMILES string of the molecule is Cc1cccc(CC2CC(C(N)=O)N([C@@H](C)C(=O)NCc3ccc(N)nc3C)C2)c1. The van der Waals surface area contributed by atoms with Crippen LogP contribution >= 0.6 is 0 Å². The van der Waals surface area contributed by atoms with Crippen molar-refractivity contribution in [1.82, 2.24) is 15.2 Å². The van der Waals surface area contributed by atoms with Gasteiger partial charge in [0.2, 0.25) is 11.8 Å². The van der Waals surface area contributed by atoms with Gasteiger partial charge in [0.05, 0.1) is 12.1 Å². The van der Waals surface area contributed by atoms with Crippen molar-refractivity contribution in [3.63, 3.8) is 0 Å². The van der Waals surface area contributed by atoms with Crippen molar-refractivity contribution in [1.29, 1.82) is 0 Å². The Morgan fingerprint density at radius 2 is 2.03 bits per heavy atom. The van der Waals surface area contributed by atoms with Gasteiger partial charge >= 0.3 is 0 Å². The average molecular weight is 410 g/mol. The number of nitrogens with two attached hydrogens (primary N) is 2. The fourth-order valence-corrected chi connectivity index (χ4v) is 4.26. The molecule has 1 aliphatic heterocycles. The highest BCUT2D eigenvalue weighted by atomic mass is 16.2. The molecule has 2 aromatic rings. The summed E-state index contributed by atoms with van der Waals surface area (Å²) in [7, 11) is 0. The lowest BCUT2D eigenvalue weighted by molar-refractivity contribution is -0.129. The van der Waals surface area contributed by atoms with E-state index in [4.69, 9.17) is 11.5 Å². The number of aryl methyl sites for hydroxylation is 2. The number of anilines is 1. The number of rotatable bonds is 7. The van der Waals surface area contributed by atoms with Gasteiger partial charge in [-0.2, -0.15) is 0 Å². The van der Waals surface area contributed by atoms with E-state index in [0.29, 0.717) is 25.3 Å². The Hall–Kier alpha value is -2.93. The maximum atomic E-state index is 12.8. The number of pyridine rings is 1. The summed E-state index contributed by atoms with van der Waals surface area (Å²) in [6.45, 7) is 6.79. The predicted molar refractivity (Wildman–Crippen MR) is 117 cm³/mol. The summed E-state index contributed by atoms with van der Waals surface area (Å²) in [5.41, 5.74) is 15.5. The van der Waals surface area contributed by atoms with Gasteiger partial charge in [0.15, 0.2) is 0 Å². The summed E-state index contributed by atoms with van der Waals surface area (Å²) in [6, 6.07) is 11.1. The molecule has 1 aliphatic rings. The van der Waals surface area contributed by atoms with Crippen LogP contribution in [0.4, 0.5) is 5.82 Å². The van der Waals surface area contributed by atoms with E-state index in [2.05, 4.69) is 35.4 Å². The molecule has 0 radical (unpaired) electrons. The number of aromatic nitrogens is 1. The Kier molecular flexibility index (Phi) is 6.72. The first-order chi connectivity index (χ1) is 14.2. The van der Waals surface area contributed by atoms with Gasteiger partial charge in [0, 0.05) is 18.8 Å². The lowest BCUT2D eigenvalue weighted by Gasteiger charge is -2.28. The van der Waals surface area contributed by atoms with Crippen LogP contribution in [0.5, 0.6) is 0 Å². The molecule has 30 heavy (non-hydrogen) atoms. The monoisotopic (exact) mass is 409 g/mol. The van der Waals surface area contributed by atoms with E-state index in [1.807, 2.05) is 30.9 Å². The molecule has 5 N–H and O–H groups in total. The van der Waals surface area contributed by atoms with Gasteiger partial charge in [-0.1, -0.05) is 35.9 Å². The molecule has 1 saturated heterocycles. The van der Waals surface area contributed by atoms with Gasteiger partial charge < -0.3 is 16.8 Å². The number of hydrogen-bond donors (Lipinski definition) is 3. The highest BCUT2D eigenvalue weighted by Gasteiger charge is 2.40. The standard InChI is InChI=1S/C23H31N5O2/c1-14-5-4-6-17(9-14)10-18-11-20(22(25)29)28(13-18)16(3)23(30)26-12-19-7-8-21(24)27-15(19)2/h4-9,16,18,20H,10-13H2,1-3H3,(H2,24,27)(H2,25,29)(H,26,30)/t16-,18?,20?/m0/s1. The maximum absolute atomic E-state index is 12.8. The zero-order chi connectivity index (χ0) is 21.8. The predicted octanol–water partition coefficient (Wildman–Crippen LogP) is 1.70. The number of amides is 2. The molecule has 1 fully saturated rings. The quantitative estimate of drug-likeness (QED) is 0.644.